The van der Waals surface area contributed by atoms with E-state index in [0.717, 1.165) is 17.8 Å². The molecule has 0 aliphatic rings. The van der Waals surface area contributed by atoms with Crippen molar-refractivity contribution in [3.05, 3.63) is 29.6 Å². The normalized spacial score (nSPS) is 14.1. The van der Waals surface area contributed by atoms with Crippen LogP contribution in [0.15, 0.2) is 18.2 Å². The quantitative estimate of drug-likeness (QED) is 0.866. The molecule has 1 amide bonds. The summed E-state index contributed by atoms with van der Waals surface area (Å²) in [5.41, 5.74) is 7.10. The molecule has 1 aromatic rings. The average molecular weight is 249 g/mol. The number of hydrogen-bond acceptors (Lipinski definition) is 3. The molecule has 0 radical (unpaired) electrons. The van der Waals surface area contributed by atoms with E-state index in [2.05, 4.69) is 4.98 Å². The molecule has 0 saturated carbocycles. The number of likely N-dealkylation sites (N-methyl/N-ethyl adjacent to an activating group) is 1. The van der Waals surface area contributed by atoms with Crippen LogP contribution in [0.5, 0.6) is 0 Å². The largest absolute Gasteiger partial charge is 0.338 e. The molecule has 1 rings (SSSR count). The maximum absolute atomic E-state index is 12.2. The lowest BCUT2D eigenvalue weighted by Gasteiger charge is -2.28. The third-order valence-corrected chi connectivity index (χ3v) is 2.95. The molecule has 1 aromatic heterocycles. The van der Waals surface area contributed by atoms with Gasteiger partial charge in [-0.25, -0.2) is 0 Å². The Bertz CT molecular complexity index is 415. The van der Waals surface area contributed by atoms with Gasteiger partial charge < -0.3 is 10.6 Å². The molecular weight excluding hydrogens is 226 g/mol. The molecule has 1 heterocycles. The van der Waals surface area contributed by atoms with Crippen molar-refractivity contribution in [2.45, 2.75) is 45.7 Å². The minimum atomic E-state index is -0.784. The fraction of sp³-hybridized carbons (Fsp3) is 0.571. The molecule has 1 unspecified atom stereocenters. The van der Waals surface area contributed by atoms with Gasteiger partial charge in [0.25, 0.3) is 0 Å². The molecule has 18 heavy (non-hydrogen) atoms. The van der Waals surface area contributed by atoms with Crippen molar-refractivity contribution in [1.82, 2.24) is 9.88 Å². The lowest BCUT2D eigenvalue weighted by Crippen LogP contribution is -2.51. The zero-order chi connectivity index (χ0) is 13.8. The molecule has 0 fully saturated rings. The molecule has 0 aliphatic heterocycles. The molecule has 4 heteroatoms. The predicted octanol–water partition coefficient (Wildman–Crippen LogP) is 1.87. The molecule has 1 atom stereocenters. The minimum Gasteiger partial charge on any atom is -0.338 e. The van der Waals surface area contributed by atoms with E-state index < -0.39 is 5.54 Å². The zero-order valence-corrected chi connectivity index (χ0v) is 11.7. The smallest absolute Gasteiger partial charge is 0.242 e. The number of amides is 1. The van der Waals surface area contributed by atoms with E-state index >= 15 is 0 Å². The molecule has 100 valence electrons. The number of carbonyl (C=O) groups is 1. The Kier molecular flexibility index (Phi) is 4.84. The Morgan fingerprint density at radius 1 is 1.50 bits per heavy atom. The lowest BCUT2D eigenvalue weighted by atomic mass is 9.96. The van der Waals surface area contributed by atoms with Gasteiger partial charge in [-0.2, -0.15) is 0 Å². The monoisotopic (exact) mass is 249 g/mol. The topological polar surface area (TPSA) is 59.2 Å². The van der Waals surface area contributed by atoms with Crippen molar-refractivity contribution < 1.29 is 4.79 Å². The number of rotatable bonds is 5. The molecular formula is C14H23N3O. The number of aryl methyl sites for hydroxylation is 1. The van der Waals surface area contributed by atoms with Gasteiger partial charge in [0.2, 0.25) is 5.91 Å². The van der Waals surface area contributed by atoms with Crippen molar-refractivity contribution in [2.24, 2.45) is 5.73 Å². The van der Waals surface area contributed by atoms with Gasteiger partial charge in [0, 0.05) is 12.7 Å². The van der Waals surface area contributed by atoms with E-state index in [1.807, 2.05) is 32.0 Å². The number of pyridine rings is 1. The molecule has 0 aliphatic carbocycles. The lowest BCUT2D eigenvalue weighted by molar-refractivity contribution is -0.135. The highest BCUT2D eigenvalue weighted by Crippen LogP contribution is 2.13. The van der Waals surface area contributed by atoms with E-state index in [1.165, 1.54) is 0 Å². The summed E-state index contributed by atoms with van der Waals surface area (Å²) in [5.74, 6) is -0.0346. The number of carbonyl (C=O) groups excluding carboxylic acids is 1. The second kappa shape index (κ2) is 5.96. The average Bonchev–Trinajstić information content (AvgIpc) is 2.27. The van der Waals surface area contributed by atoms with Gasteiger partial charge in [-0.1, -0.05) is 19.4 Å². The van der Waals surface area contributed by atoms with Crippen LogP contribution in [0.3, 0.4) is 0 Å². The highest BCUT2D eigenvalue weighted by atomic mass is 16.2. The minimum absolute atomic E-state index is 0.0346. The fourth-order valence-corrected chi connectivity index (χ4v) is 2.06. The van der Waals surface area contributed by atoms with Crippen LogP contribution in [0.25, 0.3) is 0 Å². The van der Waals surface area contributed by atoms with E-state index in [1.54, 1.807) is 18.9 Å². The van der Waals surface area contributed by atoms with Crippen LogP contribution >= 0.6 is 0 Å². The fourth-order valence-electron chi connectivity index (χ4n) is 2.06. The summed E-state index contributed by atoms with van der Waals surface area (Å²) in [5, 5.41) is 0. The summed E-state index contributed by atoms with van der Waals surface area (Å²) in [7, 11) is 1.77. The predicted molar refractivity (Wildman–Crippen MR) is 72.9 cm³/mol. The summed E-state index contributed by atoms with van der Waals surface area (Å²) in [6, 6.07) is 5.81. The first-order valence-electron chi connectivity index (χ1n) is 6.34. The Morgan fingerprint density at radius 2 is 2.17 bits per heavy atom. The SMILES string of the molecule is CCCC(C)(N)C(=O)N(C)Cc1cccc(C)n1. The van der Waals surface area contributed by atoms with Crippen LogP contribution in [0, 0.1) is 6.92 Å². The van der Waals surface area contributed by atoms with Gasteiger partial charge in [-0.15, -0.1) is 0 Å². The molecule has 2 N–H and O–H groups in total. The summed E-state index contributed by atoms with van der Waals surface area (Å²) in [4.78, 5) is 18.3. The van der Waals surface area contributed by atoms with Crippen LogP contribution < -0.4 is 5.73 Å². The second-order valence-electron chi connectivity index (χ2n) is 5.10. The van der Waals surface area contributed by atoms with Gasteiger partial charge in [0.15, 0.2) is 0 Å². The van der Waals surface area contributed by atoms with E-state index in [0.29, 0.717) is 13.0 Å². The highest BCUT2D eigenvalue weighted by molar-refractivity contribution is 5.85. The summed E-state index contributed by atoms with van der Waals surface area (Å²) in [6.07, 6.45) is 1.59. The molecule has 0 aromatic carbocycles. The molecule has 0 saturated heterocycles. The first kappa shape index (κ1) is 14.6. The molecule has 0 spiro atoms. The Hall–Kier alpha value is -1.42. The van der Waals surface area contributed by atoms with E-state index in [4.69, 9.17) is 5.73 Å². The van der Waals surface area contributed by atoms with Gasteiger partial charge >= 0.3 is 0 Å². The summed E-state index contributed by atoms with van der Waals surface area (Å²) >= 11 is 0. The second-order valence-corrected chi connectivity index (χ2v) is 5.10. The third-order valence-electron chi connectivity index (χ3n) is 2.95. The highest BCUT2D eigenvalue weighted by Gasteiger charge is 2.30. The van der Waals surface area contributed by atoms with Crippen LogP contribution in [0.2, 0.25) is 0 Å². The zero-order valence-electron chi connectivity index (χ0n) is 11.7. The van der Waals surface area contributed by atoms with Crippen LogP contribution in [0.4, 0.5) is 0 Å². The van der Waals surface area contributed by atoms with Crippen molar-refractivity contribution in [2.75, 3.05) is 7.05 Å². The Labute approximate surface area is 109 Å². The molecule has 4 nitrogen and oxygen atoms in total. The molecule has 0 bridgehead atoms. The third kappa shape index (κ3) is 3.81. The number of nitrogens with two attached hydrogens (primary N) is 1. The maximum atomic E-state index is 12.2. The standard InChI is InChI=1S/C14H23N3O/c1-5-9-14(3,15)13(18)17(4)10-12-8-6-7-11(2)16-12/h6-8H,5,9-10,15H2,1-4H3. The van der Waals surface area contributed by atoms with Gasteiger partial charge in [-0.3, -0.25) is 9.78 Å². The first-order chi connectivity index (χ1) is 8.36. The van der Waals surface area contributed by atoms with Crippen molar-refractivity contribution in [3.63, 3.8) is 0 Å². The summed E-state index contributed by atoms with van der Waals surface area (Å²) in [6.45, 7) is 6.26. The van der Waals surface area contributed by atoms with Gasteiger partial charge in [-0.05, 0) is 32.4 Å². The van der Waals surface area contributed by atoms with Crippen molar-refractivity contribution in [1.29, 1.82) is 0 Å². The Morgan fingerprint density at radius 3 is 2.72 bits per heavy atom. The van der Waals surface area contributed by atoms with Crippen molar-refractivity contribution >= 4 is 5.91 Å². The van der Waals surface area contributed by atoms with Crippen LogP contribution in [-0.4, -0.2) is 28.4 Å². The van der Waals surface area contributed by atoms with E-state index in [-0.39, 0.29) is 5.91 Å². The van der Waals surface area contributed by atoms with Crippen molar-refractivity contribution in [3.8, 4) is 0 Å². The number of aromatic nitrogens is 1. The van der Waals surface area contributed by atoms with Gasteiger partial charge in [0.1, 0.15) is 0 Å². The van der Waals surface area contributed by atoms with Crippen LogP contribution in [-0.2, 0) is 11.3 Å². The first-order valence-corrected chi connectivity index (χ1v) is 6.34. The maximum Gasteiger partial charge on any atom is 0.242 e. The number of hydrogen-bond donors (Lipinski definition) is 1. The Balaban J connectivity index is 2.71. The van der Waals surface area contributed by atoms with Crippen LogP contribution in [0.1, 0.15) is 38.1 Å². The number of nitrogens with zero attached hydrogens (tertiary/aromatic N) is 2. The van der Waals surface area contributed by atoms with E-state index in [9.17, 15) is 4.79 Å². The summed E-state index contributed by atoms with van der Waals surface area (Å²) < 4.78 is 0. The van der Waals surface area contributed by atoms with Gasteiger partial charge in [0.05, 0.1) is 17.8 Å².